The summed E-state index contributed by atoms with van der Waals surface area (Å²) in [6.45, 7) is 7.51. The number of carbonyl (C=O) groups excluding carboxylic acids is 2. The van der Waals surface area contributed by atoms with Crippen LogP contribution in [0, 0.1) is 20.8 Å². The first-order valence-corrected chi connectivity index (χ1v) is 8.76. The van der Waals surface area contributed by atoms with Crippen molar-refractivity contribution in [3.63, 3.8) is 0 Å². The largest absolute Gasteiger partial charge is 0.378 e. The Balaban J connectivity index is 1.66. The summed E-state index contributed by atoms with van der Waals surface area (Å²) < 4.78 is 5.49. The summed E-state index contributed by atoms with van der Waals surface area (Å²) in [4.78, 5) is 26.7. The second-order valence-electron chi connectivity index (χ2n) is 6.99. The Labute approximate surface area is 143 Å². The van der Waals surface area contributed by atoms with Crippen molar-refractivity contribution >= 4 is 17.5 Å². The second-order valence-corrected chi connectivity index (χ2v) is 6.99. The lowest BCUT2D eigenvalue weighted by Gasteiger charge is -2.22. The van der Waals surface area contributed by atoms with Crippen LogP contribution in [0.3, 0.4) is 0 Å². The second kappa shape index (κ2) is 6.93. The summed E-state index contributed by atoms with van der Waals surface area (Å²) in [6, 6.07) is 3.77. The van der Waals surface area contributed by atoms with Crippen molar-refractivity contribution in [2.75, 3.05) is 18.1 Å². The molecule has 130 valence electrons. The Morgan fingerprint density at radius 1 is 1.25 bits per heavy atom. The maximum Gasteiger partial charge on any atom is 0.249 e. The number of hydrogen-bond acceptors (Lipinski definition) is 3. The van der Waals surface area contributed by atoms with Gasteiger partial charge in [0.15, 0.2) is 0 Å². The molecule has 2 saturated heterocycles. The highest BCUT2D eigenvalue weighted by Crippen LogP contribution is 2.30. The fraction of sp³-hybridized carbons (Fsp3) is 0.579. The number of nitrogens with zero attached hydrogens (tertiary/aromatic N) is 1. The zero-order valence-corrected chi connectivity index (χ0v) is 14.7. The number of carbonyl (C=O) groups is 2. The van der Waals surface area contributed by atoms with Crippen molar-refractivity contribution in [3.05, 3.63) is 28.8 Å². The van der Waals surface area contributed by atoms with Gasteiger partial charge in [-0.25, -0.2) is 0 Å². The van der Waals surface area contributed by atoms with Crippen molar-refractivity contribution in [2.45, 2.75) is 58.6 Å². The quantitative estimate of drug-likeness (QED) is 0.922. The molecule has 2 aliphatic heterocycles. The van der Waals surface area contributed by atoms with Crippen molar-refractivity contribution in [1.29, 1.82) is 0 Å². The molecule has 0 aliphatic carbocycles. The third kappa shape index (κ3) is 3.46. The van der Waals surface area contributed by atoms with E-state index in [9.17, 15) is 9.59 Å². The third-order valence-electron chi connectivity index (χ3n) is 4.88. The number of anilines is 1. The van der Waals surface area contributed by atoms with E-state index in [1.54, 1.807) is 0 Å². The average Bonchev–Trinajstić information content (AvgIpc) is 3.11. The maximum absolute atomic E-state index is 12.7. The number of nitrogens with one attached hydrogen (secondary N) is 1. The van der Waals surface area contributed by atoms with E-state index >= 15 is 0 Å². The molecule has 2 fully saturated rings. The first kappa shape index (κ1) is 17.0. The van der Waals surface area contributed by atoms with Crippen LogP contribution in [0.1, 0.15) is 42.4 Å². The molecule has 1 aromatic rings. The molecule has 3 rings (SSSR count). The van der Waals surface area contributed by atoms with Crippen molar-refractivity contribution < 1.29 is 14.3 Å². The van der Waals surface area contributed by atoms with Crippen LogP contribution in [0.2, 0.25) is 0 Å². The molecule has 2 heterocycles. The Hall–Kier alpha value is -1.88. The summed E-state index contributed by atoms with van der Waals surface area (Å²) >= 11 is 0. The van der Waals surface area contributed by atoms with E-state index in [2.05, 4.69) is 24.4 Å². The molecule has 0 unspecified atom stereocenters. The Kier molecular flexibility index (Phi) is 4.90. The van der Waals surface area contributed by atoms with Crippen LogP contribution in [-0.4, -0.2) is 37.1 Å². The van der Waals surface area contributed by atoms with Crippen molar-refractivity contribution in [3.8, 4) is 0 Å². The lowest BCUT2D eigenvalue weighted by molar-refractivity contribution is -0.127. The molecule has 5 nitrogen and oxygen atoms in total. The van der Waals surface area contributed by atoms with Gasteiger partial charge < -0.3 is 15.0 Å². The minimum absolute atomic E-state index is 0.00857. The van der Waals surface area contributed by atoms with Crippen LogP contribution in [0.4, 0.5) is 5.69 Å². The Bertz CT molecular complexity index is 627. The lowest BCUT2D eigenvalue weighted by atomic mass is 10.0. The minimum atomic E-state index is -0.418. The number of amides is 2. The van der Waals surface area contributed by atoms with E-state index in [0.717, 1.165) is 36.3 Å². The molecule has 2 amide bonds. The lowest BCUT2D eigenvalue weighted by Crippen LogP contribution is -2.42. The standard InChI is InChI=1S/C19H26N2O3/c1-12-9-13(2)18(14(3)10-12)21-7-6-16(19(21)23)20-17(22)11-15-5-4-8-24-15/h9-10,15-16H,4-8,11H2,1-3H3,(H,20,22)/t15-,16+/m0/s1. The Morgan fingerprint density at radius 2 is 1.96 bits per heavy atom. The monoisotopic (exact) mass is 330 g/mol. The van der Waals surface area contributed by atoms with E-state index in [-0.39, 0.29) is 17.9 Å². The zero-order chi connectivity index (χ0) is 17.3. The predicted octanol–water partition coefficient (Wildman–Crippen LogP) is 2.40. The number of benzene rings is 1. The van der Waals surface area contributed by atoms with Crippen LogP contribution in [0.5, 0.6) is 0 Å². The summed E-state index contributed by atoms with van der Waals surface area (Å²) in [5.41, 5.74) is 4.39. The third-order valence-corrected chi connectivity index (χ3v) is 4.88. The van der Waals surface area contributed by atoms with Gasteiger partial charge in [0.2, 0.25) is 11.8 Å². The van der Waals surface area contributed by atoms with Gasteiger partial charge >= 0.3 is 0 Å². The highest BCUT2D eigenvalue weighted by atomic mass is 16.5. The van der Waals surface area contributed by atoms with Gasteiger partial charge in [0.05, 0.1) is 12.5 Å². The van der Waals surface area contributed by atoms with E-state index in [1.165, 1.54) is 5.56 Å². The van der Waals surface area contributed by atoms with E-state index < -0.39 is 6.04 Å². The number of hydrogen-bond donors (Lipinski definition) is 1. The molecule has 2 aliphatic rings. The van der Waals surface area contributed by atoms with Crippen molar-refractivity contribution in [1.82, 2.24) is 5.32 Å². The molecular formula is C19H26N2O3. The zero-order valence-electron chi connectivity index (χ0n) is 14.7. The average molecular weight is 330 g/mol. The highest BCUT2D eigenvalue weighted by Gasteiger charge is 2.35. The predicted molar refractivity (Wildman–Crippen MR) is 93.1 cm³/mol. The Morgan fingerprint density at radius 3 is 2.58 bits per heavy atom. The van der Waals surface area contributed by atoms with Gasteiger partial charge in [-0.3, -0.25) is 9.59 Å². The fourth-order valence-electron chi connectivity index (χ4n) is 3.90. The molecule has 1 aromatic carbocycles. The van der Waals surface area contributed by atoms with E-state index in [1.807, 2.05) is 18.7 Å². The fourth-order valence-corrected chi connectivity index (χ4v) is 3.90. The van der Waals surface area contributed by atoms with Gasteiger partial charge in [0, 0.05) is 18.8 Å². The molecule has 0 radical (unpaired) electrons. The summed E-state index contributed by atoms with van der Waals surface area (Å²) in [5.74, 6) is -0.0924. The van der Waals surface area contributed by atoms with Crippen LogP contribution < -0.4 is 10.2 Å². The molecular weight excluding hydrogens is 304 g/mol. The van der Waals surface area contributed by atoms with Crippen LogP contribution in [-0.2, 0) is 14.3 Å². The molecule has 1 N–H and O–H groups in total. The number of ether oxygens (including phenoxy) is 1. The van der Waals surface area contributed by atoms with Crippen LogP contribution in [0.15, 0.2) is 12.1 Å². The van der Waals surface area contributed by atoms with E-state index in [0.29, 0.717) is 19.4 Å². The molecule has 24 heavy (non-hydrogen) atoms. The molecule has 0 spiro atoms. The molecule has 5 heteroatoms. The normalized spacial score (nSPS) is 23.8. The number of rotatable bonds is 4. The SMILES string of the molecule is Cc1cc(C)c(N2CC[C@@H](NC(=O)C[C@@H]3CCCO3)C2=O)c(C)c1. The van der Waals surface area contributed by atoms with Gasteiger partial charge in [-0.15, -0.1) is 0 Å². The van der Waals surface area contributed by atoms with Crippen molar-refractivity contribution in [2.24, 2.45) is 0 Å². The van der Waals surface area contributed by atoms with Gasteiger partial charge in [-0.2, -0.15) is 0 Å². The smallest absolute Gasteiger partial charge is 0.249 e. The summed E-state index contributed by atoms with van der Waals surface area (Å²) in [6.07, 6.45) is 2.97. The maximum atomic E-state index is 12.7. The summed E-state index contributed by atoms with van der Waals surface area (Å²) in [5, 5.41) is 2.90. The van der Waals surface area contributed by atoms with Gasteiger partial charge in [-0.05, 0) is 51.2 Å². The molecule has 2 atom stereocenters. The molecule has 0 bridgehead atoms. The minimum Gasteiger partial charge on any atom is -0.378 e. The highest BCUT2D eigenvalue weighted by molar-refractivity contribution is 6.02. The topological polar surface area (TPSA) is 58.6 Å². The number of aryl methyl sites for hydroxylation is 3. The molecule has 0 aromatic heterocycles. The summed E-state index contributed by atoms with van der Waals surface area (Å²) in [7, 11) is 0. The first-order chi connectivity index (χ1) is 11.5. The first-order valence-electron chi connectivity index (χ1n) is 8.76. The van der Waals surface area contributed by atoms with Crippen LogP contribution >= 0.6 is 0 Å². The van der Waals surface area contributed by atoms with E-state index in [4.69, 9.17) is 4.74 Å². The van der Waals surface area contributed by atoms with Crippen LogP contribution in [0.25, 0.3) is 0 Å². The molecule has 0 saturated carbocycles. The van der Waals surface area contributed by atoms with Gasteiger partial charge in [0.25, 0.3) is 0 Å². The van der Waals surface area contributed by atoms with Gasteiger partial charge in [-0.1, -0.05) is 17.7 Å². The van der Waals surface area contributed by atoms with Gasteiger partial charge in [0.1, 0.15) is 6.04 Å².